The highest BCUT2D eigenvalue weighted by Crippen LogP contribution is 2.75. The second kappa shape index (κ2) is 10.2. The number of unbranched alkanes of at least 4 members (excludes halogenated alkanes) is 1. The molecule has 2 fully saturated rings. The van der Waals surface area contributed by atoms with Gasteiger partial charge < -0.3 is 21.3 Å². The minimum Gasteiger partial charge on any atom is -0.396 e. The Morgan fingerprint density at radius 1 is 1.20 bits per heavy atom. The summed E-state index contributed by atoms with van der Waals surface area (Å²) < 4.78 is 0. The molecule has 3 aliphatic carbocycles. The highest BCUT2D eigenvalue weighted by molar-refractivity contribution is 8.76. The predicted molar refractivity (Wildman–Crippen MR) is 145 cm³/mol. The van der Waals surface area contributed by atoms with Gasteiger partial charge in [-0.05, 0) is 86.5 Å². The Hall–Kier alpha value is -0.700. The first-order chi connectivity index (χ1) is 16.9. The number of carbonyl (C=O) groups excluding carboxylic acids is 1. The van der Waals surface area contributed by atoms with Gasteiger partial charge in [0.15, 0.2) is 11.7 Å². The third-order valence-electron chi connectivity index (χ3n) is 10.5. The molecule has 2 spiro atoms. The number of aliphatic hydroxyl groups excluding tert-OH is 2. The summed E-state index contributed by atoms with van der Waals surface area (Å²) >= 11 is 0. The number of hydrogen-bond donors (Lipinski definition) is 4. The van der Waals surface area contributed by atoms with Crippen LogP contribution in [0.3, 0.4) is 0 Å². The van der Waals surface area contributed by atoms with Gasteiger partial charge in [-0.1, -0.05) is 40.5 Å². The van der Waals surface area contributed by atoms with Crippen LogP contribution < -0.4 is 11.1 Å². The van der Waals surface area contributed by atoms with E-state index in [4.69, 9.17) is 5.73 Å². The molecule has 0 unspecified atom stereocenters. The zero-order valence-corrected chi connectivity index (χ0v) is 22.8. The first-order valence-corrected chi connectivity index (χ1v) is 16.2. The molecule has 35 heavy (non-hydrogen) atoms. The van der Waals surface area contributed by atoms with Crippen LogP contribution in [-0.4, -0.2) is 58.8 Å². The van der Waals surface area contributed by atoms with E-state index in [1.54, 1.807) is 0 Å². The van der Waals surface area contributed by atoms with Crippen molar-refractivity contribution in [2.75, 3.05) is 31.3 Å². The van der Waals surface area contributed by atoms with Gasteiger partial charge in [0, 0.05) is 43.1 Å². The number of Topliss-reactive ketones (excluding diaryl/α,β-unsaturated/α-hetero) is 1. The monoisotopic (exact) mass is 521 g/mol. The molecule has 2 saturated carbocycles. The van der Waals surface area contributed by atoms with Gasteiger partial charge >= 0.3 is 0 Å². The number of ketones is 1. The van der Waals surface area contributed by atoms with Crippen LogP contribution >= 0.6 is 21.6 Å². The molecule has 5 N–H and O–H groups in total. The molecule has 0 radical (unpaired) electrons. The Bertz CT molecular complexity index is 895. The van der Waals surface area contributed by atoms with Crippen molar-refractivity contribution in [3.8, 4) is 0 Å². The minimum atomic E-state index is -0.0949. The fourth-order valence-electron chi connectivity index (χ4n) is 8.73. The van der Waals surface area contributed by atoms with E-state index in [0.717, 1.165) is 87.8 Å². The van der Waals surface area contributed by atoms with Crippen LogP contribution in [0, 0.1) is 28.6 Å². The van der Waals surface area contributed by atoms with Crippen molar-refractivity contribution >= 4 is 33.3 Å². The van der Waals surface area contributed by atoms with E-state index in [2.05, 4.69) is 17.2 Å². The second-order valence-electron chi connectivity index (χ2n) is 12.0. The summed E-state index contributed by atoms with van der Waals surface area (Å²) in [5.41, 5.74) is 8.69. The van der Waals surface area contributed by atoms with Crippen LogP contribution in [0.1, 0.15) is 77.6 Å². The Morgan fingerprint density at radius 2 is 2.06 bits per heavy atom. The van der Waals surface area contributed by atoms with Crippen LogP contribution in [0.25, 0.3) is 0 Å². The number of allylic oxidation sites excluding steroid dienone is 2. The standard InChI is InChI=1S/C27H43N3O3S2/c1-25-9-12-34-35-17-26(8-10-29-24(28)30-26)7-4-5-20-22-14-19(25)13-18(16-32)21(6-2-3-11-31)27(22,25)15-23(20)33/h18-19,21,31-32H,2-17H2,1H3,(H3,28,29,30)/t18-,19+,21+,25-,26-,27-/m0/s1. The van der Waals surface area contributed by atoms with Crippen LogP contribution in [0.4, 0.5) is 0 Å². The number of rotatable bonds is 5. The molecule has 6 nitrogen and oxygen atoms in total. The Kier molecular flexibility index (Phi) is 7.57. The van der Waals surface area contributed by atoms with Crippen molar-refractivity contribution in [1.82, 2.24) is 5.32 Å². The average Bonchev–Trinajstić information content (AvgIpc) is 3.16. The van der Waals surface area contributed by atoms with Gasteiger partial charge in [-0.15, -0.1) is 0 Å². The molecule has 0 amide bonds. The van der Waals surface area contributed by atoms with Crippen molar-refractivity contribution in [3.63, 3.8) is 0 Å². The maximum atomic E-state index is 13.7. The van der Waals surface area contributed by atoms with Crippen molar-refractivity contribution in [2.24, 2.45) is 39.3 Å². The highest BCUT2D eigenvalue weighted by atomic mass is 33.1. The molecule has 8 heteroatoms. The SMILES string of the molecule is C[C@]12CCSSC[C@]3(CCCC4=C5C[C@H]1C[C@@H](CO)[C@@H](CCCCO)[C@@]52CC4=O)CCN=C(N)N3. The van der Waals surface area contributed by atoms with Crippen molar-refractivity contribution in [3.05, 3.63) is 11.1 Å². The fourth-order valence-corrected chi connectivity index (χ4v) is 11.6. The maximum absolute atomic E-state index is 13.7. The van der Waals surface area contributed by atoms with E-state index < -0.39 is 0 Å². The van der Waals surface area contributed by atoms with Gasteiger partial charge in [-0.3, -0.25) is 9.79 Å². The maximum Gasteiger partial charge on any atom is 0.189 e. The number of hydrogen-bond acceptors (Lipinski definition) is 8. The molecular formula is C27H43N3O3S2. The summed E-state index contributed by atoms with van der Waals surface area (Å²) in [5.74, 6) is 4.20. The Labute approximate surface area is 218 Å². The summed E-state index contributed by atoms with van der Waals surface area (Å²) in [7, 11) is 3.95. The van der Waals surface area contributed by atoms with Crippen LogP contribution in [0.5, 0.6) is 0 Å². The molecule has 6 atom stereocenters. The number of aliphatic imine (C=N–C) groups is 1. The van der Waals surface area contributed by atoms with E-state index in [9.17, 15) is 15.0 Å². The molecule has 0 aromatic carbocycles. The molecule has 0 saturated heterocycles. The van der Waals surface area contributed by atoms with E-state index in [-0.39, 0.29) is 35.5 Å². The van der Waals surface area contributed by atoms with Gasteiger partial charge in [0.2, 0.25) is 0 Å². The molecule has 5 aliphatic rings. The van der Waals surface area contributed by atoms with Crippen molar-refractivity contribution in [2.45, 2.75) is 83.1 Å². The lowest BCUT2D eigenvalue weighted by atomic mass is 9.47. The number of nitrogens with one attached hydrogen (secondary N) is 1. The summed E-state index contributed by atoms with van der Waals surface area (Å²) in [5, 5.41) is 23.4. The Balaban J connectivity index is 1.50. The lowest BCUT2D eigenvalue weighted by Crippen LogP contribution is -2.56. The first-order valence-electron chi connectivity index (χ1n) is 13.7. The zero-order valence-electron chi connectivity index (χ0n) is 21.2. The van der Waals surface area contributed by atoms with Crippen molar-refractivity contribution in [1.29, 1.82) is 0 Å². The highest BCUT2D eigenvalue weighted by Gasteiger charge is 2.69. The molecule has 2 heterocycles. The summed E-state index contributed by atoms with van der Waals surface area (Å²) in [6.45, 7) is 3.70. The molecule has 5 rings (SSSR count). The number of nitrogens with zero attached hydrogens (tertiary/aromatic N) is 1. The lowest BCUT2D eigenvalue weighted by Gasteiger charge is -2.57. The number of carbonyl (C=O) groups is 1. The molecule has 2 aliphatic heterocycles. The third kappa shape index (κ3) is 4.28. The quantitative estimate of drug-likeness (QED) is 0.319. The number of aliphatic hydroxyl groups is 2. The van der Waals surface area contributed by atoms with Crippen LogP contribution in [0.15, 0.2) is 16.1 Å². The van der Waals surface area contributed by atoms with Gasteiger partial charge in [0.1, 0.15) is 0 Å². The minimum absolute atomic E-state index is 0.0320. The molecule has 0 aromatic heterocycles. The normalized spacial score (nSPS) is 41.7. The molecule has 196 valence electrons. The topological polar surface area (TPSA) is 108 Å². The van der Waals surface area contributed by atoms with E-state index in [1.165, 1.54) is 5.57 Å². The van der Waals surface area contributed by atoms with E-state index >= 15 is 0 Å². The predicted octanol–water partition coefficient (Wildman–Crippen LogP) is 4.06. The smallest absolute Gasteiger partial charge is 0.189 e. The second-order valence-corrected chi connectivity index (χ2v) is 14.5. The van der Waals surface area contributed by atoms with Gasteiger partial charge in [-0.25, -0.2) is 0 Å². The first kappa shape index (κ1) is 25.9. The van der Waals surface area contributed by atoms with E-state index in [0.29, 0.717) is 30.0 Å². The van der Waals surface area contributed by atoms with Gasteiger partial charge in [0.25, 0.3) is 0 Å². The lowest BCUT2D eigenvalue weighted by molar-refractivity contribution is -0.125. The number of nitrogens with two attached hydrogens (primary N) is 1. The summed E-state index contributed by atoms with van der Waals surface area (Å²) in [6.07, 6.45) is 10.5. The van der Waals surface area contributed by atoms with Gasteiger partial charge in [0.05, 0.1) is 5.54 Å². The Morgan fingerprint density at radius 3 is 2.83 bits per heavy atom. The summed E-state index contributed by atoms with van der Waals surface area (Å²) in [6, 6.07) is 0. The zero-order chi connectivity index (χ0) is 24.7. The molecular weight excluding hydrogens is 478 g/mol. The molecule has 5 bridgehead atoms. The average molecular weight is 522 g/mol. The molecule has 0 aromatic rings. The van der Waals surface area contributed by atoms with Crippen molar-refractivity contribution < 1.29 is 15.0 Å². The fraction of sp³-hybridized carbons (Fsp3) is 0.852. The number of guanidine groups is 1. The van der Waals surface area contributed by atoms with Crippen LogP contribution in [-0.2, 0) is 4.79 Å². The van der Waals surface area contributed by atoms with Gasteiger partial charge in [-0.2, -0.15) is 0 Å². The largest absolute Gasteiger partial charge is 0.396 e. The van der Waals surface area contributed by atoms with Crippen LogP contribution in [0.2, 0.25) is 0 Å². The van der Waals surface area contributed by atoms with E-state index in [1.807, 2.05) is 21.6 Å². The summed E-state index contributed by atoms with van der Waals surface area (Å²) in [4.78, 5) is 18.1. The third-order valence-corrected chi connectivity index (χ3v) is 13.0.